The molecule has 30 heavy (non-hydrogen) atoms. The summed E-state index contributed by atoms with van der Waals surface area (Å²) in [5, 5.41) is 2.65. The molecule has 0 saturated heterocycles. The van der Waals surface area contributed by atoms with Crippen LogP contribution in [0.1, 0.15) is 50.2 Å². The monoisotopic (exact) mass is 436 g/mol. The first kappa shape index (κ1) is 25.2. The summed E-state index contributed by atoms with van der Waals surface area (Å²) in [6.07, 6.45) is 0.924. The number of nitrogens with one attached hydrogen (secondary N) is 1. The van der Waals surface area contributed by atoms with Crippen molar-refractivity contribution in [3.8, 4) is 10.4 Å². The maximum absolute atomic E-state index is 14.0. The van der Waals surface area contributed by atoms with E-state index in [-0.39, 0.29) is 11.6 Å². The van der Waals surface area contributed by atoms with Crippen LogP contribution in [0.3, 0.4) is 0 Å². The zero-order valence-electron chi connectivity index (χ0n) is 17.9. The van der Waals surface area contributed by atoms with Crippen molar-refractivity contribution in [2.24, 2.45) is 0 Å². The molecule has 1 aromatic carbocycles. The first-order valence-corrected chi connectivity index (χ1v) is 10.3. The number of aromatic nitrogens is 1. The number of methoxy groups -OCH3 is 1. The zero-order valence-corrected chi connectivity index (χ0v) is 18.7. The standard InChI is InChI=1S/C20H20F2N2O3S.C2H6/c1-5-14(21)16(15(22)6-2)18(25)24-20-23-11(3)17(28-20)12-8-7-9-13(10-12)19(26)27-4;1-2/h5,7-10H,6H2,1-4H3,(H,23,24,25);1-2H3/b14-5+,16-15-;. The number of amides is 1. The number of allylic oxidation sites excluding steroid dienone is 2. The Morgan fingerprint density at radius 2 is 1.93 bits per heavy atom. The summed E-state index contributed by atoms with van der Waals surface area (Å²) in [5.41, 5.74) is 1.07. The molecule has 1 N–H and O–H groups in total. The molecule has 0 saturated carbocycles. The van der Waals surface area contributed by atoms with Crippen LogP contribution >= 0.6 is 11.3 Å². The zero-order chi connectivity index (χ0) is 22.8. The number of nitrogens with zero attached hydrogens (tertiary/aromatic N) is 1. The van der Waals surface area contributed by atoms with E-state index in [9.17, 15) is 18.4 Å². The third-order valence-corrected chi connectivity index (χ3v) is 4.99. The molecule has 0 bridgehead atoms. The largest absolute Gasteiger partial charge is 0.465 e. The van der Waals surface area contributed by atoms with Gasteiger partial charge in [0.2, 0.25) is 0 Å². The molecular formula is C22H26F2N2O3S. The fourth-order valence-corrected chi connectivity index (χ4v) is 3.42. The lowest BCUT2D eigenvalue weighted by Crippen LogP contribution is -2.16. The second kappa shape index (κ2) is 12.0. The number of rotatable bonds is 6. The van der Waals surface area contributed by atoms with Crippen LogP contribution in [0.4, 0.5) is 13.9 Å². The summed E-state index contributed by atoms with van der Waals surface area (Å²) >= 11 is 1.14. The highest BCUT2D eigenvalue weighted by atomic mass is 32.1. The second-order valence-corrected chi connectivity index (χ2v) is 6.73. The van der Waals surface area contributed by atoms with E-state index in [2.05, 4.69) is 10.3 Å². The average Bonchev–Trinajstić information content (AvgIpc) is 3.14. The summed E-state index contributed by atoms with van der Waals surface area (Å²) in [4.78, 5) is 29.1. The molecule has 162 valence electrons. The molecule has 0 unspecified atom stereocenters. The number of halogens is 2. The molecule has 5 nitrogen and oxygen atoms in total. The highest BCUT2D eigenvalue weighted by Gasteiger charge is 2.21. The summed E-state index contributed by atoms with van der Waals surface area (Å²) in [7, 11) is 1.30. The number of ether oxygens (including phenoxy) is 1. The number of thiazole rings is 1. The van der Waals surface area contributed by atoms with E-state index >= 15 is 0 Å². The number of carbonyl (C=O) groups excluding carboxylic acids is 2. The number of hydrogen-bond donors (Lipinski definition) is 1. The molecule has 0 atom stereocenters. The van der Waals surface area contributed by atoms with Crippen LogP contribution in [0.25, 0.3) is 10.4 Å². The lowest BCUT2D eigenvalue weighted by Gasteiger charge is -2.06. The fraction of sp³-hybridized carbons (Fsp3) is 0.318. The van der Waals surface area contributed by atoms with Crippen molar-refractivity contribution in [3.05, 3.63) is 58.8 Å². The van der Waals surface area contributed by atoms with E-state index < -0.39 is 29.1 Å². The van der Waals surface area contributed by atoms with E-state index in [0.29, 0.717) is 21.7 Å². The summed E-state index contributed by atoms with van der Waals surface area (Å²) < 4.78 is 32.6. The van der Waals surface area contributed by atoms with Crippen LogP contribution in [-0.4, -0.2) is 24.0 Å². The lowest BCUT2D eigenvalue weighted by atomic mass is 10.1. The van der Waals surface area contributed by atoms with Gasteiger partial charge in [-0.2, -0.15) is 0 Å². The van der Waals surface area contributed by atoms with Crippen LogP contribution in [0.5, 0.6) is 0 Å². The van der Waals surface area contributed by atoms with E-state index in [4.69, 9.17) is 4.74 Å². The first-order chi connectivity index (χ1) is 14.3. The molecule has 1 amide bonds. The quantitative estimate of drug-likeness (QED) is 0.324. The molecule has 0 aliphatic heterocycles. The minimum Gasteiger partial charge on any atom is -0.465 e. The van der Waals surface area contributed by atoms with Crippen LogP contribution in [0, 0.1) is 6.92 Å². The maximum Gasteiger partial charge on any atom is 0.337 e. The van der Waals surface area contributed by atoms with Crippen molar-refractivity contribution < 1.29 is 23.1 Å². The van der Waals surface area contributed by atoms with Gasteiger partial charge < -0.3 is 4.74 Å². The molecule has 2 rings (SSSR count). The van der Waals surface area contributed by atoms with Crippen molar-refractivity contribution in [1.82, 2.24) is 4.98 Å². The first-order valence-electron chi connectivity index (χ1n) is 9.50. The van der Waals surface area contributed by atoms with Gasteiger partial charge in [0, 0.05) is 0 Å². The van der Waals surface area contributed by atoms with Crippen molar-refractivity contribution in [1.29, 1.82) is 0 Å². The predicted octanol–water partition coefficient (Wildman–Crippen LogP) is 6.38. The SMILES string of the molecule is C/C=C(F)\C(C(=O)Nc1nc(C)c(-c2cccc(C(=O)OC)c2)s1)=C(\F)CC.CC. The van der Waals surface area contributed by atoms with E-state index in [1.165, 1.54) is 21.0 Å². The number of benzene rings is 1. The Morgan fingerprint density at radius 1 is 1.27 bits per heavy atom. The molecule has 1 heterocycles. The average molecular weight is 437 g/mol. The van der Waals surface area contributed by atoms with Crippen molar-refractivity contribution >= 4 is 28.3 Å². The van der Waals surface area contributed by atoms with Crippen LogP contribution in [-0.2, 0) is 9.53 Å². The highest BCUT2D eigenvalue weighted by molar-refractivity contribution is 7.19. The smallest absolute Gasteiger partial charge is 0.337 e. The Labute approximate surface area is 179 Å². The molecule has 8 heteroatoms. The van der Waals surface area contributed by atoms with Gasteiger partial charge in [-0.15, -0.1) is 0 Å². The van der Waals surface area contributed by atoms with Gasteiger partial charge in [-0.3, -0.25) is 10.1 Å². The van der Waals surface area contributed by atoms with Gasteiger partial charge in [0.1, 0.15) is 17.2 Å². The number of carbonyl (C=O) groups is 2. The van der Waals surface area contributed by atoms with Gasteiger partial charge in [-0.25, -0.2) is 18.6 Å². The predicted molar refractivity (Wildman–Crippen MR) is 117 cm³/mol. The number of hydrogen-bond acceptors (Lipinski definition) is 5. The molecule has 2 aromatic rings. The third kappa shape index (κ3) is 6.06. The minimum atomic E-state index is -0.934. The molecule has 0 radical (unpaired) electrons. The highest BCUT2D eigenvalue weighted by Crippen LogP contribution is 2.34. The van der Waals surface area contributed by atoms with E-state index in [0.717, 1.165) is 17.4 Å². The second-order valence-electron chi connectivity index (χ2n) is 5.73. The Morgan fingerprint density at radius 3 is 2.50 bits per heavy atom. The molecule has 0 spiro atoms. The van der Waals surface area contributed by atoms with Crippen molar-refractivity contribution in [2.75, 3.05) is 12.4 Å². The van der Waals surface area contributed by atoms with E-state index in [1.807, 2.05) is 13.8 Å². The Kier molecular flexibility index (Phi) is 10.0. The van der Waals surface area contributed by atoms with Gasteiger partial charge in [-0.1, -0.05) is 50.3 Å². The van der Waals surface area contributed by atoms with Crippen LogP contribution < -0.4 is 5.32 Å². The summed E-state index contributed by atoms with van der Waals surface area (Å²) in [5.74, 6) is -3.15. The number of esters is 1. The maximum atomic E-state index is 14.0. The Balaban J connectivity index is 0.00000218. The van der Waals surface area contributed by atoms with Crippen molar-refractivity contribution in [2.45, 2.75) is 41.0 Å². The molecule has 0 aliphatic carbocycles. The summed E-state index contributed by atoms with van der Waals surface area (Å²) in [6.45, 7) is 8.61. The van der Waals surface area contributed by atoms with Gasteiger partial charge in [0.25, 0.3) is 5.91 Å². The molecule has 1 aromatic heterocycles. The molecule has 0 aliphatic rings. The van der Waals surface area contributed by atoms with Gasteiger partial charge in [0.05, 0.1) is 23.2 Å². The number of anilines is 1. The van der Waals surface area contributed by atoms with Gasteiger partial charge in [0.15, 0.2) is 5.13 Å². The Hall–Kier alpha value is -2.87. The molecule has 0 fully saturated rings. The number of aryl methyl sites for hydroxylation is 1. The van der Waals surface area contributed by atoms with Crippen molar-refractivity contribution in [3.63, 3.8) is 0 Å². The van der Waals surface area contributed by atoms with Crippen LogP contribution in [0.2, 0.25) is 0 Å². The van der Waals surface area contributed by atoms with E-state index in [1.54, 1.807) is 31.2 Å². The topological polar surface area (TPSA) is 68.3 Å². The summed E-state index contributed by atoms with van der Waals surface area (Å²) in [6, 6.07) is 6.77. The normalized spacial score (nSPS) is 11.8. The van der Waals surface area contributed by atoms with Gasteiger partial charge in [-0.05, 0) is 38.0 Å². The van der Waals surface area contributed by atoms with Gasteiger partial charge >= 0.3 is 5.97 Å². The third-order valence-electron chi connectivity index (χ3n) is 3.86. The molecular weight excluding hydrogens is 410 g/mol. The Bertz CT molecular complexity index is 965. The fourth-order valence-electron chi connectivity index (χ4n) is 2.46. The van der Waals surface area contributed by atoms with Crippen LogP contribution in [0.15, 0.2) is 47.6 Å². The lowest BCUT2D eigenvalue weighted by molar-refractivity contribution is -0.112. The minimum absolute atomic E-state index is 0.105.